The Kier molecular flexibility index (Phi) is 4.45. The van der Waals surface area contributed by atoms with Crippen LogP contribution in [0.2, 0.25) is 0 Å². The Balaban J connectivity index is 1.78. The Morgan fingerprint density at radius 1 is 0.867 bits per heavy atom. The minimum Gasteiger partial charge on any atom is -0.396 e. The Bertz CT molecular complexity index is 175. The zero-order valence-electron chi connectivity index (χ0n) is 9.83. The molecule has 15 heavy (non-hydrogen) atoms. The highest BCUT2D eigenvalue weighted by Crippen LogP contribution is 2.32. The van der Waals surface area contributed by atoms with Gasteiger partial charge in [-0.25, -0.2) is 0 Å². The van der Waals surface area contributed by atoms with Crippen molar-refractivity contribution < 1.29 is 5.11 Å². The predicted molar refractivity (Wildman–Crippen MR) is 62.8 cm³/mol. The quantitative estimate of drug-likeness (QED) is 0.774. The first-order valence-corrected chi connectivity index (χ1v) is 6.73. The Hall–Kier alpha value is -0.0800. The molecule has 0 aromatic carbocycles. The molecule has 2 fully saturated rings. The fourth-order valence-corrected chi connectivity index (χ4v) is 3.24. The summed E-state index contributed by atoms with van der Waals surface area (Å²) in [5.41, 5.74) is 0. The lowest BCUT2D eigenvalue weighted by atomic mass is 9.96. The summed E-state index contributed by atoms with van der Waals surface area (Å²) in [6.45, 7) is 4.27. The lowest BCUT2D eigenvalue weighted by molar-refractivity contribution is 0.154. The van der Waals surface area contributed by atoms with Crippen LogP contribution in [0.15, 0.2) is 0 Å². The molecule has 2 atom stereocenters. The first-order valence-electron chi connectivity index (χ1n) is 6.73. The van der Waals surface area contributed by atoms with E-state index in [4.69, 9.17) is 0 Å². The van der Waals surface area contributed by atoms with Gasteiger partial charge >= 0.3 is 0 Å². The zero-order valence-corrected chi connectivity index (χ0v) is 9.83. The fourth-order valence-electron chi connectivity index (χ4n) is 3.24. The molecule has 1 aliphatic carbocycles. The lowest BCUT2D eigenvalue weighted by Crippen LogP contribution is -2.32. The topological polar surface area (TPSA) is 23.5 Å². The van der Waals surface area contributed by atoms with Gasteiger partial charge in [0.15, 0.2) is 0 Å². The number of hydrogen-bond donors (Lipinski definition) is 1. The highest BCUT2D eigenvalue weighted by molar-refractivity contribution is 4.80. The van der Waals surface area contributed by atoms with E-state index in [1.165, 1.54) is 64.6 Å². The van der Waals surface area contributed by atoms with Crippen LogP contribution < -0.4 is 0 Å². The third-order valence-corrected chi connectivity index (χ3v) is 4.24. The van der Waals surface area contributed by atoms with Crippen molar-refractivity contribution in [1.29, 1.82) is 0 Å². The molecule has 1 saturated heterocycles. The van der Waals surface area contributed by atoms with E-state index in [-0.39, 0.29) is 0 Å². The predicted octanol–water partition coefficient (Wildman–Crippen LogP) is 2.27. The van der Waals surface area contributed by atoms with E-state index in [1.54, 1.807) is 0 Å². The van der Waals surface area contributed by atoms with Gasteiger partial charge in [-0.15, -0.1) is 0 Å². The monoisotopic (exact) mass is 211 g/mol. The van der Waals surface area contributed by atoms with Crippen molar-refractivity contribution in [1.82, 2.24) is 4.90 Å². The lowest BCUT2D eigenvalue weighted by Gasteiger charge is -2.26. The molecule has 1 aliphatic heterocycles. The maximum Gasteiger partial charge on any atom is 0.0462 e. The smallest absolute Gasteiger partial charge is 0.0462 e. The highest BCUT2D eigenvalue weighted by atomic mass is 16.3. The molecule has 0 amide bonds. The summed E-state index contributed by atoms with van der Waals surface area (Å²) in [5, 5.41) is 9.30. The molecule has 0 radical (unpaired) electrons. The van der Waals surface area contributed by atoms with Crippen LogP contribution in [0.5, 0.6) is 0 Å². The molecule has 2 heteroatoms. The molecule has 2 unspecified atom stereocenters. The standard InChI is InChI=1S/C13H25NO/c15-11-13-7-5-6-12(13)10-14-8-3-1-2-4-9-14/h12-13,15H,1-11H2. The third kappa shape index (κ3) is 3.18. The van der Waals surface area contributed by atoms with Crippen LogP contribution in [0.4, 0.5) is 0 Å². The third-order valence-electron chi connectivity index (χ3n) is 4.24. The number of hydrogen-bond acceptors (Lipinski definition) is 2. The molecule has 0 spiro atoms. The summed E-state index contributed by atoms with van der Waals surface area (Å²) in [5.74, 6) is 1.39. The SMILES string of the molecule is OCC1CCCC1CN1CCCCCC1. The van der Waals surface area contributed by atoms with E-state index in [1.807, 2.05) is 0 Å². The van der Waals surface area contributed by atoms with Gasteiger partial charge in [0.2, 0.25) is 0 Å². The number of aliphatic hydroxyl groups excluding tert-OH is 1. The average molecular weight is 211 g/mol. The van der Waals surface area contributed by atoms with Crippen molar-refractivity contribution in [3.05, 3.63) is 0 Å². The molecule has 0 aromatic heterocycles. The summed E-state index contributed by atoms with van der Waals surface area (Å²) >= 11 is 0. The second-order valence-electron chi connectivity index (χ2n) is 5.35. The normalized spacial score (nSPS) is 34.2. The van der Waals surface area contributed by atoms with Crippen molar-refractivity contribution in [2.75, 3.05) is 26.2 Å². The second kappa shape index (κ2) is 5.86. The van der Waals surface area contributed by atoms with Gasteiger partial charge in [-0.2, -0.15) is 0 Å². The summed E-state index contributed by atoms with van der Waals surface area (Å²) in [6.07, 6.45) is 9.56. The average Bonchev–Trinajstić information content (AvgIpc) is 2.53. The Morgan fingerprint density at radius 2 is 1.53 bits per heavy atom. The molecule has 1 N–H and O–H groups in total. The molecule has 1 heterocycles. The van der Waals surface area contributed by atoms with E-state index < -0.39 is 0 Å². The van der Waals surface area contributed by atoms with Crippen molar-refractivity contribution in [3.8, 4) is 0 Å². The number of nitrogens with zero attached hydrogens (tertiary/aromatic N) is 1. The summed E-state index contributed by atoms with van der Waals surface area (Å²) in [6, 6.07) is 0. The molecule has 2 nitrogen and oxygen atoms in total. The van der Waals surface area contributed by atoms with Crippen LogP contribution in [0, 0.1) is 11.8 Å². The van der Waals surface area contributed by atoms with E-state index >= 15 is 0 Å². The molecule has 1 saturated carbocycles. The van der Waals surface area contributed by atoms with Crippen molar-refractivity contribution in [2.45, 2.75) is 44.9 Å². The van der Waals surface area contributed by atoms with Gasteiger partial charge in [-0.1, -0.05) is 19.3 Å². The summed E-state index contributed by atoms with van der Waals surface area (Å²) < 4.78 is 0. The summed E-state index contributed by atoms with van der Waals surface area (Å²) in [4.78, 5) is 2.64. The van der Waals surface area contributed by atoms with Crippen LogP contribution in [0.25, 0.3) is 0 Å². The van der Waals surface area contributed by atoms with E-state index in [2.05, 4.69) is 4.90 Å². The highest BCUT2D eigenvalue weighted by Gasteiger charge is 2.28. The van der Waals surface area contributed by atoms with Crippen LogP contribution in [0.1, 0.15) is 44.9 Å². The van der Waals surface area contributed by atoms with Crippen LogP contribution >= 0.6 is 0 Å². The van der Waals surface area contributed by atoms with Crippen LogP contribution in [-0.4, -0.2) is 36.2 Å². The van der Waals surface area contributed by atoms with E-state index in [0.717, 1.165) is 5.92 Å². The van der Waals surface area contributed by atoms with Gasteiger partial charge in [-0.3, -0.25) is 0 Å². The van der Waals surface area contributed by atoms with Gasteiger partial charge in [0, 0.05) is 13.2 Å². The molecule has 2 rings (SSSR count). The zero-order chi connectivity index (χ0) is 10.5. The first kappa shape index (κ1) is 11.4. The van der Waals surface area contributed by atoms with Crippen LogP contribution in [-0.2, 0) is 0 Å². The Morgan fingerprint density at radius 3 is 2.20 bits per heavy atom. The van der Waals surface area contributed by atoms with Crippen molar-refractivity contribution in [2.24, 2.45) is 11.8 Å². The van der Waals surface area contributed by atoms with Gasteiger partial charge < -0.3 is 10.0 Å². The van der Waals surface area contributed by atoms with Crippen LogP contribution in [0.3, 0.4) is 0 Å². The maximum atomic E-state index is 9.30. The molecular weight excluding hydrogens is 186 g/mol. The van der Waals surface area contributed by atoms with Gasteiger partial charge in [-0.05, 0) is 50.6 Å². The minimum atomic E-state index is 0.415. The van der Waals surface area contributed by atoms with Gasteiger partial charge in [0.05, 0.1) is 0 Å². The van der Waals surface area contributed by atoms with E-state index in [9.17, 15) is 5.11 Å². The van der Waals surface area contributed by atoms with Gasteiger partial charge in [0.1, 0.15) is 0 Å². The fraction of sp³-hybridized carbons (Fsp3) is 1.00. The molecule has 0 bridgehead atoms. The van der Waals surface area contributed by atoms with Gasteiger partial charge in [0.25, 0.3) is 0 Å². The minimum absolute atomic E-state index is 0.415. The van der Waals surface area contributed by atoms with Crippen molar-refractivity contribution >= 4 is 0 Å². The first-order chi connectivity index (χ1) is 7.40. The largest absolute Gasteiger partial charge is 0.396 e. The molecule has 88 valence electrons. The maximum absolute atomic E-state index is 9.30. The molecular formula is C13H25NO. The van der Waals surface area contributed by atoms with E-state index in [0.29, 0.717) is 12.5 Å². The second-order valence-corrected chi connectivity index (χ2v) is 5.35. The summed E-state index contributed by atoms with van der Waals surface area (Å²) in [7, 11) is 0. The molecule has 2 aliphatic rings. The van der Waals surface area contributed by atoms with Crippen molar-refractivity contribution in [3.63, 3.8) is 0 Å². The molecule has 0 aromatic rings. The number of aliphatic hydroxyl groups is 1. The number of rotatable bonds is 3. The number of likely N-dealkylation sites (tertiary alicyclic amines) is 1. The Labute approximate surface area is 93.7 Å².